The number of rotatable bonds is 4. The van der Waals surface area contributed by atoms with E-state index in [4.69, 9.17) is 0 Å². The van der Waals surface area contributed by atoms with Crippen LogP contribution < -0.4 is 0 Å². The normalized spacial score (nSPS) is 27.3. The first kappa shape index (κ1) is 17.3. The van der Waals surface area contributed by atoms with Crippen molar-refractivity contribution in [2.75, 3.05) is 20.2 Å². The second kappa shape index (κ2) is 6.53. The summed E-state index contributed by atoms with van der Waals surface area (Å²) in [6, 6.07) is 6.93. The van der Waals surface area contributed by atoms with Gasteiger partial charge in [-0.25, -0.2) is 0 Å². The van der Waals surface area contributed by atoms with Gasteiger partial charge in [0.05, 0.1) is 4.60 Å². The maximum Gasteiger partial charge on any atom is 0.137 e. The van der Waals surface area contributed by atoms with E-state index in [0.717, 1.165) is 24.0 Å². The van der Waals surface area contributed by atoms with Crippen LogP contribution in [0.4, 0.5) is 0 Å². The second-order valence-corrected chi connectivity index (χ2v) is 8.69. The summed E-state index contributed by atoms with van der Waals surface area (Å²) in [7, 11) is 2.15. The van der Waals surface area contributed by atoms with E-state index in [-0.39, 0.29) is 18.4 Å². The molecule has 4 nitrogen and oxygen atoms in total. The van der Waals surface area contributed by atoms with Crippen molar-refractivity contribution in [1.29, 1.82) is 0 Å². The number of aromatic nitrogens is 1. The van der Waals surface area contributed by atoms with Crippen molar-refractivity contribution in [1.82, 2.24) is 9.88 Å². The molecular formula is C20H25BrN2O2. The lowest BCUT2D eigenvalue weighted by atomic mass is 9.71. The standard InChI is InChI=1S/C20H25BrN2O2/c1-11(10-24)6-18(25)12-7-14-13-4-3-5-16-19(13)15(20(21)22-16)8-17(14)23(2)9-12/h3-5,11-12,14,17,22,24H,6-10H2,1-2H3. The number of fused-ring (bicyclic) bond motifs is 2. The summed E-state index contributed by atoms with van der Waals surface area (Å²) in [5.41, 5.74) is 3.94. The van der Waals surface area contributed by atoms with Gasteiger partial charge in [0.2, 0.25) is 0 Å². The Hall–Kier alpha value is -1.17. The van der Waals surface area contributed by atoms with Gasteiger partial charge in [0.15, 0.2) is 0 Å². The van der Waals surface area contributed by atoms with Crippen LogP contribution >= 0.6 is 15.9 Å². The number of likely N-dealkylation sites (tertiary alicyclic amines) is 1. The molecule has 1 aliphatic heterocycles. The summed E-state index contributed by atoms with van der Waals surface area (Å²) in [4.78, 5) is 18.6. The minimum atomic E-state index is 0.0533. The highest BCUT2D eigenvalue weighted by Crippen LogP contribution is 2.46. The molecule has 0 radical (unpaired) electrons. The van der Waals surface area contributed by atoms with Gasteiger partial charge in [-0.3, -0.25) is 4.79 Å². The highest BCUT2D eigenvalue weighted by Gasteiger charge is 2.41. The molecule has 0 bridgehead atoms. The Bertz CT molecular complexity index is 815. The van der Waals surface area contributed by atoms with Gasteiger partial charge in [0.25, 0.3) is 0 Å². The topological polar surface area (TPSA) is 56.3 Å². The van der Waals surface area contributed by atoms with Crippen LogP contribution in [0, 0.1) is 11.8 Å². The molecule has 0 saturated carbocycles. The third-order valence-corrected chi connectivity index (χ3v) is 6.79. The molecular weight excluding hydrogens is 380 g/mol. The summed E-state index contributed by atoms with van der Waals surface area (Å²) in [5, 5.41) is 10.6. The second-order valence-electron chi connectivity index (χ2n) is 7.90. The minimum absolute atomic E-state index is 0.0533. The number of aliphatic hydroxyl groups excluding tert-OH is 1. The van der Waals surface area contributed by atoms with E-state index < -0.39 is 0 Å². The van der Waals surface area contributed by atoms with Crippen LogP contribution in [0.2, 0.25) is 0 Å². The number of benzene rings is 1. The number of nitrogens with one attached hydrogen (secondary N) is 1. The van der Waals surface area contributed by atoms with Crippen molar-refractivity contribution in [3.63, 3.8) is 0 Å². The van der Waals surface area contributed by atoms with Crippen LogP contribution in [0.15, 0.2) is 22.8 Å². The molecule has 1 aromatic carbocycles. The van der Waals surface area contributed by atoms with Crippen LogP contribution in [0.1, 0.15) is 36.8 Å². The van der Waals surface area contributed by atoms with Crippen molar-refractivity contribution in [3.8, 4) is 0 Å². The summed E-state index contributed by atoms with van der Waals surface area (Å²) in [6.07, 6.45) is 2.43. The molecule has 0 spiro atoms. The fourth-order valence-electron chi connectivity index (χ4n) is 4.79. The molecule has 1 fully saturated rings. The molecule has 25 heavy (non-hydrogen) atoms. The summed E-state index contributed by atoms with van der Waals surface area (Å²) in [6.45, 7) is 2.85. The van der Waals surface area contributed by atoms with E-state index in [9.17, 15) is 9.90 Å². The first-order valence-corrected chi connectivity index (χ1v) is 9.91. The van der Waals surface area contributed by atoms with E-state index in [1.165, 1.54) is 22.0 Å². The smallest absolute Gasteiger partial charge is 0.137 e. The van der Waals surface area contributed by atoms with Gasteiger partial charge < -0.3 is 15.0 Å². The number of nitrogens with zero attached hydrogens (tertiary/aromatic N) is 1. The number of carbonyl (C=O) groups is 1. The number of likely N-dealkylation sites (N-methyl/N-ethyl adjacent to an activating group) is 1. The summed E-state index contributed by atoms with van der Waals surface area (Å²) >= 11 is 3.69. The van der Waals surface area contributed by atoms with Gasteiger partial charge in [-0.1, -0.05) is 19.1 Å². The number of piperidine rings is 1. The van der Waals surface area contributed by atoms with Crippen molar-refractivity contribution in [3.05, 3.63) is 33.9 Å². The molecule has 2 aromatic rings. The Morgan fingerprint density at radius 3 is 3.04 bits per heavy atom. The van der Waals surface area contributed by atoms with E-state index in [1.807, 2.05) is 6.92 Å². The molecule has 2 aliphatic rings. The van der Waals surface area contributed by atoms with E-state index >= 15 is 0 Å². The third kappa shape index (κ3) is 2.86. The maximum atomic E-state index is 12.7. The van der Waals surface area contributed by atoms with Gasteiger partial charge in [-0.15, -0.1) is 0 Å². The fourth-order valence-corrected chi connectivity index (χ4v) is 5.37. The van der Waals surface area contributed by atoms with Crippen LogP contribution in [0.25, 0.3) is 10.9 Å². The van der Waals surface area contributed by atoms with Crippen LogP contribution in [-0.4, -0.2) is 47.0 Å². The fraction of sp³-hybridized carbons (Fsp3) is 0.550. The number of hydrogen-bond donors (Lipinski definition) is 2. The lowest BCUT2D eigenvalue weighted by molar-refractivity contribution is -0.126. The molecule has 5 heteroatoms. The van der Waals surface area contributed by atoms with E-state index in [0.29, 0.717) is 24.2 Å². The number of Topliss-reactive ketones (excluding diaryl/α,β-unsaturated/α-hetero) is 1. The predicted molar refractivity (Wildman–Crippen MR) is 103 cm³/mol. The Kier molecular flexibility index (Phi) is 4.50. The molecule has 1 aliphatic carbocycles. The molecule has 2 heterocycles. The number of aliphatic hydroxyl groups is 1. The van der Waals surface area contributed by atoms with Crippen molar-refractivity contribution < 1.29 is 9.90 Å². The van der Waals surface area contributed by atoms with Crippen LogP contribution in [0.5, 0.6) is 0 Å². The zero-order valence-electron chi connectivity index (χ0n) is 14.8. The Morgan fingerprint density at radius 1 is 1.48 bits per heavy atom. The highest BCUT2D eigenvalue weighted by molar-refractivity contribution is 9.10. The molecule has 2 N–H and O–H groups in total. The van der Waals surface area contributed by atoms with Crippen LogP contribution in [0.3, 0.4) is 0 Å². The quantitative estimate of drug-likeness (QED) is 0.819. The molecule has 1 aromatic heterocycles. The number of ketones is 1. The lowest BCUT2D eigenvalue weighted by Gasteiger charge is -2.45. The van der Waals surface area contributed by atoms with Gasteiger partial charge in [-0.2, -0.15) is 0 Å². The number of H-pyrrole nitrogens is 1. The largest absolute Gasteiger partial charge is 0.396 e. The molecule has 134 valence electrons. The molecule has 4 atom stereocenters. The van der Waals surface area contributed by atoms with Gasteiger partial charge in [0.1, 0.15) is 5.78 Å². The number of halogens is 1. The first-order chi connectivity index (χ1) is 12.0. The third-order valence-electron chi connectivity index (χ3n) is 6.11. The molecule has 4 rings (SSSR count). The zero-order valence-corrected chi connectivity index (χ0v) is 16.3. The Morgan fingerprint density at radius 2 is 2.28 bits per heavy atom. The van der Waals surface area contributed by atoms with Crippen LogP contribution in [-0.2, 0) is 11.2 Å². The Labute approximate surface area is 156 Å². The van der Waals surface area contributed by atoms with Crippen molar-refractivity contribution in [2.45, 2.75) is 38.1 Å². The van der Waals surface area contributed by atoms with Gasteiger partial charge in [-0.05, 0) is 58.9 Å². The highest BCUT2D eigenvalue weighted by atomic mass is 79.9. The average molecular weight is 405 g/mol. The van der Waals surface area contributed by atoms with Gasteiger partial charge >= 0.3 is 0 Å². The molecule has 4 unspecified atom stereocenters. The Balaban J connectivity index is 1.68. The molecule has 0 amide bonds. The van der Waals surface area contributed by atoms with Gasteiger partial charge in [0, 0.05) is 48.4 Å². The van der Waals surface area contributed by atoms with E-state index in [1.54, 1.807) is 0 Å². The number of aromatic amines is 1. The summed E-state index contributed by atoms with van der Waals surface area (Å²) < 4.78 is 1.09. The summed E-state index contributed by atoms with van der Waals surface area (Å²) in [5.74, 6) is 0.827. The number of carbonyl (C=O) groups excluding carboxylic acids is 1. The average Bonchev–Trinajstić information content (AvgIpc) is 2.92. The van der Waals surface area contributed by atoms with Crippen molar-refractivity contribution >= 4 is 32.6 Å². The number of hydrogen-bond acceptors (Lipinski definition) is 3. The maximum absolute atomic E-state index is 12.7. The van der Waals surface area contributed by atoms with Crippen molar-refractivity contribution in [2.24, 2.45) is 11.8 Å². The zero-order chi connectivity index (χ0) is 17.7. The monoisotopic (exact) mass is 404 g/mol. The minimum Gasteiger partial charge on any atom is -0.396 e. The van der Waals surface area contributed by atoms with E-state index in [2.05, 4.69) is 51.1 Å². The lowest BCUT2D eigenvalue weighted by Crippen LogP contribution is -2.49. The first-order valence-electron chi connectivity index (χ1n) is 9.12. The predicted octanol–water partition coefficient (Wildman–Crippen LogP) is 3.48. The SMILES string of the molecule is CC(CO)CC(=O)C1CC2c3cccc4[nH]c(Br)c(c34)CC2N(C)C1. The molecule has 1 saturated heterocycles.